The molecule has 0 aliphatic carbocycles. The highest BCUT2D eigenvalue weighted by Gasteiger charge is 2.09. The first kappa shape index (κ1) is 10.4. The minimum Gasteiger partial charge on any atom is -0.506 e. The average molecular weight is 221 g/mol. The van der Waals surface area contributed by atoms with Gasteiger partial charge < -0.3 is 5.11 Å². The zero-order chi connectivity index (χ0) is 10.7. The maximum atomic E-state index is 9.97. The Hall–Kier alpha value is -1.09. The van der Waals surface area contributed by atoms with Gasteiger partial charge in [0.1, 0.15) is 5.75 Å². The molecule has 2 aromatic heterocycles. The fraction of sp³-hybridized carbons (Fsp3) is 0.417. The number of nitrogens with zero attached hydrogens (tertiary/aromatic N) is 1. The Bertz CT molecular complexity index is 450. The van der Waals surface area contributed by atoms with Crippen LogP contribution in [0.25, 0.3) is 10.1 Å². The number of thiophene rings is 1. The van der Waals surface area contributed by atoms with Crippen LogP contribution in [0.5, 0.6) is 5.75 Å². The van der Waals surface area contributed by atoms with Crippen LogP contribution in [0.3, 0.4) is 0 Å². The molecule has 2 heterocycles. The molecule has 2 rings (SSSR count). The quantitative estimate of drug-likeness (QED) is 0.798. The number of fused-ring (bicyclic) bond motifs is 1. The van der Waals surface area contributed by atoms with Crippen molar-refractivity contribution in [3.05, 3.63) is 23.3 Å². The van der Waals surface area contributed by atoms with Gasteiger partial charge in [-0.1, -0.05) is 19.8 Å². The van der Waals surface area contributed by atoms with E-state index in [2.05, 4.69) is 11.9 Å². The third-order valence-corrected chi connectivity index (χ3v) is 3.73. The molecule has 0 aromatic carbocycles. The molecule has 0 aliphatic rings. The Morgan fingerprint density at radius 2 is 2.27 bits per heavy atom. The van der Waals surface area contributed by atoms with Gasteiger partial charge in [0.2, 0.25) is 0 Å². The molecule has 2 aromatic rings. The third-order valence-electron chi connectivity index (χ3n) is 2.54. The Kier molecular flexibility index (Phi) is 3.21. The molecule has 0 atom stereocenters. The number of rotatable bonds is 4. The van der Waals surface area contributed by atoms with Gasteiger partial charge >= 0.3 is 0 Å². The number of aryl methyl sites for hydroxylation is 1. The molecule has 80 valence electrons. The van der Waals surface area contributed by atoms with Gasteiger partial charge in [-0.25, -0.2) is 0 Å². The highest BCUT2D eigenvalue weighted by Crippen LogP contribution is 2.36. The van der Waals surface area contributed by atoms with Crippen LogP contribution in [0.2, 0.25) is 0 Å². The zero-order valence-electron chi connectivity index (χ0n) is 8.86. The topological polar surface area (TPSA) is 33.1 Å². The monoisotopic (exact) mass is 221 g/mol. The first-order chi connectivity index (χ1) is 7.33. The average Bonchev–Trinajstić information content (AvgIpc) is 2.57. The smallest absolute Gasteiger partial charge is 0.137 e. The number of aromatic hydroxyl groups is 1. The van der Waals surface area contributed by atoms with E-state index < -0.39 is 0 Å². The van der Waals surface area contributed by atoms with E-state index in [-0.39, 0.29) is 0 Å². The van der Waals surface area contributed by atoms with Crippen molar-refractivity contribution in [1.29, 1.82) is 0 Å². The van der Waals surface area contributed by atoms with E-state index >= 15 is 0 Å². The van der Waals surface area contributed by atoms with Crippen molar-refractivity contribution in [3.8, 4) is 5.75 Å². The highest BCUT2D eigenvalue weighted by molar-refractivity contribution is 7.19. The maximum absolute atomic E-state index is 9.97. The Balaban J connectivity index is 2.24. The molecule has 0 radical (unpaired) electrons. The number of hydrogen-bond acceptors (Lipinski definition) is 3. The second kappa shape index (κ2) is 4.62. The summed E-state index contributed by atoms with van der Waals surface area (Å²) in [6, 6.07) is 1.88. The molecule has 15 heavy (non-hydrogen) atoms. The standard InChI is InChI=1S/C12H15NOS/c1-2-3-4-5-10-12(14)9-6-7-13-8-11(9)15-10/h6-8,14H,2-5H2,1H3. The fourth-order valence-corrected chi connectivity index (χ4v) is 2.80. The second-order valence-electron chi connectivity index (χ2n) is 3.70. The number of unbranched alkanes of at least 4 members (excludes halogenated alkanes) is 2. The summed E-state index contributed by atoms with van der Waals surface area (Å²) in [4.78, 5) is 5.17. The molecule has 0 fully saturated rings. The predicted octanol–water partition coefficient (Wildman–Crippen LogP) is 3.73. The highest BCUT2D eigenvalue weighted by atomic mass is 32.1. The normalized spacial score (nSPS) is 11.0. The summed E-state index contributed by atoms with van der Waals surface area (Å²) >= 11 is 1.66. The molecule has 1 N–H and O–H groups in total. The molecule has 0 bridgehead atoms. The van der Waals surface area contributed by atoms with E-state index in [1.165, 1.54) is 12.8 Å². The first-order valence-corrected chi connectivity index (χ1v) is 6.19. The molecule has 2 nitrogen and oxygen atoms in total. The Labute approximate surface area is 93.6 Å². The summed E-state index contributed by atoms with van der Waals surface area (Å²) < 4.78 is 1.08. The van der Waals surface area contributed by atoms with Crippen LogP contribution in [0.1, 0.15) is 31.1 Å². The van der Waals surface area contributed by atoms with Crippen molar-refractivity contribution < 1.29 is 5.11 Å². The van der Waals surface area contributed by atoms with Gasteiger partial charge in [-0.05, 0) is 18.9 Å². The van der Waals surface area contributed by atoms with Crippen LogP contribution in [0, 0.1) is 0 Å². The summed E-state index contributed by atoms with van der Waals surface area (Å²) in [6.07, 6.45) is 8.14. The lowest BCUT2D eigenvalue weighted by Crippen LogP contribution is -1.80. The fourth-order valence-electron chi connectivity index (χ4n) is 1.69. The first-order valence-electron chi connectivity index (χ1n) is 5.37. The molecule has 0 saturated carbocycles. The van der Waals surface area contributed by atoms with Gasteiger partial charge in [0.25, 0.3) is 0 Å². The van der Waals surface area contributed by atoms with E-state index in [4.69, 9.17) is 0 Å². The van der Waals surface area contributed by atoms with Crippen LogP contribution in [0.15, 0.2) is 18.5 Å². The van der Waals surface area contributed by atoms with Crippen molar-refractivity contribution >= 4 is 21.4 Å². The molecule has 0 aliphatic heterocycles. The number of hydrogen-bond donors (Lipinski definition) is 1. The summed E-state index contributed by atoms with van der Waals surface area (Å²) in [5, 5.41) is 10.9. The van der Waals surface area contributed by atoms with Crippen LogP contribution < -0.4 is 0 Å². The summed E-state index contributed by atoms with van der Waals surface area (Å²) in [5.74, 6) is 0.466. The van der Waals surface area contributed by atoms with E-state index in [1.54, 1.807) is 17.5 Å². The third kappa shape index (κ3) is 2.12. The van der Waals surface area contributed by atoms with Crippen LogP contribution in [0.4, 0.5) is 0 Å². The van der Waals surface area contributed by atoms with E-state index in [9.17, 15) is 5.11 Å². The summed E-state index contributed by atoms with van der Waals surface area (Å²) in [5.41, 5.74) is 0. The van der Waals surface area contributed by atoms with Crippen molar-refractivity contribution in [2.24, 2.45) is 0 Å². The van der Waals surface area contributed by atoms with Crippen LogP contribution in [-0.2, 0) is 6.42 Å². The lowest BCUT2D eigenvalue weighted by atomic mass is 10.1. The van der Waals surface area contributed by atoms with Crippen molar-refractivity contribution in [1.82, 2.24) is 4.98 Å². The summed E-state index contributed by atoms with van der Waals surface area (Å²) in [6.45, 7) is 2.19. The van der Waals surface area contributed by atoms with Crippen LogP contribution >= 0.6 is 11.3 Å². The van der Waals surface area contributed by atoms with Crippen molar-refractivity contribution in [2.45, 2.75) is 32.6 Å². The number of pyridine rings is 1. The van der Waals surface area contributed by atoms with Gasteiger partial charge in [-0.2, -0.15) is 0 Å². The lowest BCUT2D eigenvalue weighted by molar-refractivity contribution is 0.476. The zero-order valence-corrected chi connectivity index (χ0v) is 9.68. The maximum Gasteiger partial charge on any atom is 0.137 e. The van der Waals surface area contributed by atoms with Gasteiger partial charge in [-0.3, -0.25) is 4.98 Å². The molecule has 0 saturated heterocycles. The van der Waals surface area contributed by atoms with Gasteiger partial charge in [0, 0.05) is 22.7 Å². The molecule has 0 unspecified atom stereocenters. The molecular weight excluding hydrogens is 206 g/mol. The molecule has 0 amide bonds. The largest absolute Gasteiger partial charge is 0.506 e. The second-order valence-corrected chi connectivity index (χ2v) is 4.84. The van der Waals surface area contributed by atoms with Gasteiger partial charge in [0.15, 0.2) is 0 Å². The van der Waals surface area contributed by atoms with E-state index in [1.807, 2.05) is 12.3 Å². The molecule has 0 spiro atoms. The predicted molar refractivity (Wildman–Crippen MR) is 64.5 cm³/mol. The molecular formula is C12H15NOS. The van der Waals surface area contributed by atoms with Gasteiger partial charge in [0.05, 0.1) is 4.70 Å². The van der Waals surface area contributed by atoms with E-state index in [0.29, 0.717) is 5.75 Å². The Morgan fingerprint density at radius 3 is 3.00 bits per heavy atom. The number of aromatic nitrogens is 1. The SMILES string of the molecule is CCCCCc1sc2cnccc2c1O. The molecule has 3 heteroatoms. The lowest BCUT2D eigenvalue weighted by Gasteiger charge is -1.97. The van der Waals surface area contributed by atoms with Crippen molar-refractivity contribution in [2.75, 3.05) is 0 Å². The Morgan fingerprint density at radius 1 is 1.40 bits per heavy atom. The minimum absolute atomic E-state index is 0.466. The van der Waals surface area contributed by atoms with Crippen molar-refractivity contribution in [3.63, 3.8) is 0 Å². The van der Waals surface area contributed by atoms with Gasteiger partial charge in [-0.15, -0.1) is 11.3 Å². The summed E-state index contributed by atoms with van der Waals surface area (Å²) in [7, 11) is 0. The van der Waals surface area contributed by atoms with E-state index in [0.717, 1.165) is 27.8 Å². The van der Waals surface area contributed by atoms with Crippen LogP contribution in [-0.4, -0.2) is 10.1 Å². The minimum atomic E-state index is 0.466.